The van der Waals surface area contributed by atoms with Crippen LogP contribution in [0.25, 0.3) is 0 Å². The maximum atomic E-state index is 11.8. The Morgan fingerprint density at radius 3 is 2.65 bits per heavy atom. The predicted octanol–water partition coefficient (Wildman–Crippen LogP) is 2.60. The summed E-state index contributed by atoms with van der Waals surface area (Å²) in [4.78, 5) is 27.3. The van der Waals surface area contributed by atoms with Gasteiger partial charge in [-0.15, -0.1) is 0 Å². The summed E-state index contributed by atoms with van der Waals surface area (Å²) in [5.74, 6) is -0.635. The maximum absolute atomic E-state index is 11.8. The summed E-state index contributed by atoms with van der Waals surface area (Å²) in [5.41, 5.74) is 3.65. The van der Waals surface area contributed by atoms with Crippen LogP contribution in [-0.2, 0) is 9.59 Å². The maximum Gasteiger partial charge on any atom is 0.240 e. The number of hydrazone groups is 1. The fraction of sp³-hybridized carbons (Fsp3) is 0.125. The van der Waals surface area contributed by atoms with Gasteiger partial charge in [-0.25, -0.2) is 5.43 Å². The number of nitrogens with one attached hydrogen (secondary N) is 2. The van der Waals surface area contributed by atoms with Gasteiger partial charge in [0.2, 0.25) is 11.8 Å². The lowest BCUT2D eigenvalue weighted by molar-refractivity contribution is -0.124. The van der Waals surface area contributed by atoms with Crippen molar-refractivity contribution in [1.82, 2.24) is 10.4 Å². The van der Waals surface area contributed by atoms with Crippen molar-refractivity contribution in [2.24, 2.45) is 5.10 Å². The zero-order valence-electron chi connectivity index (χ0n) is 12.2. The van der Waals surface area contributed by atoms with Crippen molar-refractivity contribution in [3.63, 3.8) is 0 Å². The monoisotopic (exact) mass is 330 g/mol. The Labute approximate surface area is 138 Å². The number of carbonyl (C=O) groups excluding carboxylic acids is 2. The first-order valence-corrected chi connectivity index (χ1v) is 7.29. The fourth-order valence-corrected chi connectivity index (χ4v) is 1.87. The standard InChI is InChI=1S/C16H15ClN4O2/c17-13-5-1-2-6-14(13)20-15(22)7-8-16(23)21-19-11-12-4-3-9-18-10-12/h1-6,9-11H,7-8H2,(H,20,22)(H,21,23). The quantitative estimate of drug-likeness (QED) is 0.630. The van der Waals surface area contributed by atoms with Crippen molar-refractivity contribution in [3.8, 4) is 0 Å². The van der Waals surface area contributed by atoms with E-state index in [9.17, 15) is 9.59 Å². The molecule has 2 rings (SSSR count). The molecular weight excluding hydrogens is 316 g/mol. The zero-order chi connectivity index (χ0) is 16.5. The van der Waals surface area contributed by atoms with Gasteiger partial charge in [0.05, 0.1) is 16.9 Å². The van der Waals surface area contributed by atoms with Crippen LogP contribution < -0.4 is 10.7 Å². The van der Waals surface area contributed by atoms with E-state index in [0.717, 1.165) is 5.56 Å². The smallest absolute Gasteiger partial charge is 0.240 e. The average Bonchev–Trinajstić information content (AvgIpc) is 2.56. The minimum absolute atomic E-state index is 0.0284. The molecule has 0 bridgehead atoms. The highest BCUT2D eigenvalue weighted by molar-refractivity contribution is 6.33. The van der Waals surface area contributed by atoms with Gasteiger partial charge >= 0.3 is 0 Å². The summed E-state index contributed by atoms with van der Waals surface area (Å²) in [6.07, 6.45) is 4.81. The molecule has 0 radical (unpaired) electrons. The molecule has 2 aromatic rings. The van der Waals surface area contributed by atoms with Gasteiger partial charge in [-0.3, -0.25) is 14.6 Å². The molecule has 0 atom stereocenters. The van der Waals surface area contributed by atoms with Crippen LogP contribution in [-0.4, -0.2) is 23.0 Å². The van der Waals surface area contributed by atoms with Crippen LogP contribution in [0.5, 0.6) is 0 Å². The number of benzene rings is 1. The Morgan fingerprint density at radius 2 is 1.91 bits per heavy atom. The van der Waals surface area contributed by atoms with Gasteiger partial charge in [0.1, 0.15) is 0 Å². The summed E-state index contributed by atoms with van der Waals surface area (Å²) >= 11 is 5.94. The van der Waals surface area contributed by atoms with E-state index in [0.29, 0.717) is 10.7 Å². The Bertz CT molecular complexity index is 704. The minimum atomic E-state index is -0.348. The molecule has 0 aliphatic heterocycles. The van der Waals surface area contributed by atoms with E-state index in [2.05, 4.69) is 20.8 Å². The van der Waals surface area contributed by atoms with E-state index >= 15 is 0 Å². The highest BCUT2D eigenvalue weighted by atomic mass is 35.5. The second kappa shape index (κ2) is 8.65. The SMILES string of the molecule is O=C(CCC(=O)Nc1ccccc1Cl)NN=Cc1cccnc1. The molecule has 0 saturated heterocycles. The van der Waals surface area contributed by atoms with Gasteiger partial charge in [-0.05, 0) is 18.2 Å². The second-order valence-corrected chi connectivity index (χ2v) is 5.01. The number of carbonyl (C=O) groups is 2. The summed E-state index contributed by atoms with van der Waals surface area (Å²) in [6, 6.07) is 10.5. The second-order valence-electron chi connectivity index (χ2n) is 4.61. The number of para-hydroxylation sites is 1. The highest BCUT2D eigenvalue weighted by Crippen LogP contribution is 2.20. The van der Waals surface area contributed by atoms with Gasteiger partial charge in [0.15, 0.2) is 0 Å². The Hall–Kier alpha value is -2.73. The van der Waals surface area contributed by atoms with Gasteiger partial charge < -0.3 is 5.32 Å². The van der Waals surface area contributed by atoms with Crippen LogP contribution in [0.15, 0.2) is 53.9 Å². The molecule has 2 amide bonds. The number of halogens is 1. The number of rotatable bonds is 6. The molecule has 1 heterocycles. The van der Waals surface area contributed by atoms with Gasteiger partial charge in [-0.1, -0.05) is 29.8 Å². The number of anilines is 1. The van der Waals surface area contributed by atoms with Crippen molar-refractivity contribution >= 4 is 35.3 Å². The third kappa shape index (κ3) is 5.88. The largest absolute Gasteiger partial charge is 0.325 e. The van der Waals surface area contributed by atoms with E-state index in [-0.39, 0.29) is 24.7 Å². The zero-order valence-corrected chi connectivity index (χ0v) is 13.0. The number of nitrogens with zero attached hydrogens (tertiary/aromatic N) is 2. The van der Waals surface area contributed by atoms with Crippen molar-refractivity contribution in [2.45, 2.75) is 12.8 Å². The molecule has 0 spiro atoms. The third-order valence-electron chi connectivity index (χ3n) is 2.81. The number of hydrogen-bond acceptors (Lipinski definition) is 4. The van der Waals surface area contributed by atoms with E-state index in [1.54, 1.807) is 48.8 Å². The first-order valence-electron chi connectivity index (χ1n) is 6.91. The summed E-state index contributed by atoms with van der Waals surface area (Å²) in [5, 5.41) is 6.90. The van der Waals surface area contributed by atoms with E-state index in [1.807, 2.05) is 0 Å². The van der Waals surface area contributed by atoms with E-state index in [4.69, 9.17) is 11.6 Å². The van der Waals surface area contributed by atoms with Crippen molar-refractivity contribution in [1.29, 1.82) is 0 Å². The van der Waals surface area contributed by atoms with Crippen molar-refractivity contribution < 1.29 is 9.59 Å². The third-order valence-corrected chi connectivity index (χ3v) is 3.14. The summed E-state index contributed by atoms with van der Waals surface area (Å²) in [6.45, 7) is 0. The van der Waals surface area contributed by atoms with Crippen LogP contribution in [0.2, 0.25) is 5.02 Å². The summed E-state index contributed by atoms with van der Waals surface area (Å²) < 4.78 is 0. The average molecular weight is 331 g/mol. The molecule has 118 valence electrons. The number of amides is 2. The molecule has 1 aromatic heterocycles. The van der Waals surface area contributed by atoms with Gasteiger partial charge in [-0.2, -0.15) is 5.10 Å². The van der Waals surface area contributed by atoms with Crippen molar-refractivity contribution in [2.75, 3.05) is 5.32 Å². The van der Waals surface area contributed by atoms with Gasteiger partial charge in [0, 0.05) is 30.8 Å². The molecule has 0 unspecified atom stereocenters. The van der Waals surface area contributed by atoms with Crippen LogP contribution in [0, 0.1) is 0 Å². The molecule has 0 saturated carbocycles. The van der Waals surface area contributed by atoms with Crippen LogP contribution >= 0.6 is 11.6 Å². The minimum Gasteiger partial charge on any atom is -0.325 e. The predicted molar refractivity (Wildman–Crippen MR) is 89.3 cm³/mol. The lowest BCUT2D eigenvalue weighted by Crippen LogP contribution is -2.20. The fourth-order valence-electron chi connectivity index (χ4n) is 1.69. The molecule has 0 fully saturated rings. The van der Waals surface area contributed by atoms with E-state index < -0.39 is 0 Å². The number of hydrogen-bond donors (Lipinski definition) is 2. The molecule has 6 nitrogen and oxygen atoms in total. The first kappa shape index (κ1) is 16.6. The van der Waals surface area contributed by atoms with Gasteiger partial charge in [0.25, 0.3) is 0 Å². The molecule has 23 heavy (non-hydrogen) atoms. The molecule has 7 heteroatoms. The highest BCUT2D eigenvalue weighted by Gasteiger charge is 2.08. The number of aromatic nitrogens is 1. The lowest BCUT2D eigenvalue weighted by Gasteiger charge is -2.06. The molecule has 0 aliphatic rings. The van der Waals surface area contributed by atoms with Crippen LogP contribution in [0.1, 0.15) is 18.4 Å². The van der Waals surface area contributed by atoms with Crippen molar-refractivity contribution in [3.05, 3.63) is 59.4 Å². The Balaban J connectivity index is 1.73. The van der Waals surface area contributed by atoms with E-state index in [1.165, 1.54) is 6.21 Å². The molecule has 2 N–H and O–H groups in total. The Morgan fingerprint density at radius 1 is 1.13 bits per heavy atom. The van der Waals surface area contributed by atoms with Crippen LogP contribution in [0.3, 0.4) is 0 Å². The normalized spacial score (nSPS) is 10.5. The lowest BCUT2D eigenvalue weighted by atomic mass is 10.2. The topological polar surface area (TPSA) is 83.5 Å². The number of pyridine rings is 1. The first-order chi connectivity index (χ1) is 11.1. The molecular formula is C16H15ClN4O2. The Kier molecular flexibility index (Phi) is 6.26. The molecule has 0 aliphatic carbocycles. The summed E-state index contributed by atoms with van der Waals surface area (Å²) in [7, 11) is 0. The van der Waals surface area contributed by atoms with Crippen LogP contribution in [0.4, 0.5) is 5.69 Å². The molecule has 1 aromatic carbocycles.